The number of benzene rings is 1. The second-order valence-corrected chi connectivity index (χ2v) is 4.03. The summed E-state index contributed by atoms with van der Waals surface area (Å²) in [6.45, 7) is 18.6. The zero-order chi connectivity index (χ0) is 13.9. The number of hydrogen-bond acceptors (Lipinski definition) is 0. The molecule has 0 N–H and O–H groups in total. The molecule has 0 fully saturated rings. The van der Waals surface area contributed by atoms with E-state index in [9.17, 15) is 0 Å². The second-order valence-electron chi connectivity index (χ2n) is 4.03. The van der Waals surface area contributed by atoms with Gasteiger partial charge in [-0.1, -0.05) is 85.4 Å². The Morgan fingerprint density at radius 2 is 1.53 bits per heavy atom. The molecular weight excluding hydrogens is 204 g/mol. The summed E-state index contributed by atoms with van der Waals surface area (Å²) in [5.74, 6) is 0. The van der Waals surface area contributed by atoms with Gasteiger partial charge in [0, 0.05) is 0 Å². The normalized spacial score (nSPS) is 9.35. The van der Waals surface area contributed by atoms with Crippen molar-refractivity contribution in [1.29, 1.82) is 0 Å². The molecule has 0 saturated carbocycles. The minimum Gasteiger partial charge on any atom is -0.0985 e. The third kappa shape index (κ3) is 5.72. The lowest BCUT2D eigenvalue weighted by Crippen LogP contribution is -2.16. The standard InChI is InChI=1S/C13H18.2C2H6/c1-5-11-9-7-8-10-12(11)13(3,4)6-2;2*1-2/h5,7-10H,1,6H2,2-4H3;2*1-2H3. The van der Waals surface area contributed by atoms with Crippen molar-refractivity contribution in [2.45, 2.75) is 60.3 Å². The van der Waals surface area contributed by atoms with Crippen LogP contribution in [0.5, 0.6) is 0 Å². The molecule has 0 nitrogen and oxygen atoms in total. The highest BCUT2D eigenvalue weighted by Gasteiger charge is 2.19. The summed E-state index contributed by atoms with van der Waals surface area (Å²) in [5, 5.41) is 0. The van der Waals surface area contributed by atoms with Gasteiger partial charge in [0.05, 0.1) is 0 Å². The van der Waals surface area contributed by atoms with E-state index >= 15 is 0 Å². The lowest BCUT2D eigenvalue weighted by atomic mass is 9.80. The van der Waals surface area contributed by atoms with Crippen LogP contribution in [-0.2, 0) is 5.41 Å². The van der Waals surface area contributed by atoms with Crippen molar-refractivity contribution in [3.8, 4) is 0 Å². The Labute approximate surface area is 109 Å². The molecule has 1 aromatic rings. The topological polar surface area (TPSA) is 0 Å². The molecule has 1 rings (SSSR count). The van der Waals surface area contributed by atoms with Crippen molar-refractivity contribution in [3.63, 3.8) is 0 Å². The molecule has 1 aromatic carbocycles. The van der Waals surface area contributed by atoms with Gasteiger partial charge in [-0.05, 0) is 23.0 Å². The average molecular weight is 234 g/mol. The smallest absolute Gasteiger partial charge is 0.0100 e. The van der Waals surface area contributed by atoms with E-state index in [4.69, 9.17) is 0 Å². The van der Waals surface area contributed by atoms with E-state index in [0.717, 1.165) is 6.42 Å². The van der Waals surface area contributed by atoms with Crippen LogP contribution in [0, 0.1) is 0 Å². The van der Waals surface area contributed by atoms with Crippen molar-refractivity contribution in [2.75, 3.05) is 0 Å². The maximum atomic E-state index is 3.84. The minimum absolute atomic E-state index is 0.255. The van der Waals surface area contributed by atoms with Crippen molar-refractivity contribution in [3.05, 3.63) is 42.0 Å². The quantitative estimate of drug-likeness (QED) is 0.595. The van der Waals surface area contributed by atoms with Crippen molar-refractivity contribution >= 4 is 6.08 Å². The van der Waals surface area contributed by atoms with Crippen LogP contribution in [0.3, 0.4) is 0 Å². The summed E-state index contributed by atoms with van der Waals surface area (Å²) in [6.07, 6.45) is 3.09. The Hall–Kier alpha value is -1.04. The SMILES string of the molecule is C=Cc1ccccc1C(C)(C)CC.CC.CC. The Bertz CT molecular complexity index is 295. The molecule has 0 amide bonds. The summed E-state index contributed by atoms with van der Waals surface area (Å²) in [6, 6.07) is 8.48. The molecule has 0 bridgehead atoms. The van der Waals surface area contributed by atoms with Crippen LogP contribution in [0.25, 0.3) is 6.08 Å². The van der Waals surface area contributed by atoms with Gasteiger partial charge < -0.3 is 0 Å². The minimum atomic E-state index is 0.255. The molecule has 0 spiro atoms. The molecule has 0 aliphatic rings. The monoisotopic (exact) mass is 234 g/mol. The summed E-state index contributed by atoms with van der Waals surface area (Å²) in [4.78, 5) is 0. The number of hydrogen-bond donors (Lipinski definition) is 0. The van der Waals surface area contributed by atoms with Gasteiger partial charge in [-0.2, -0.15) is 0 Å². The molecule has 17 heavy (non-hydrogen) atoms. The Kier molecular flexibility index (Phi) is 10.9. The van der Waals surface area contributed by atoms with E-state index < -0.39 is 0 Å². The van der Waals surface area contributed by atoms with Crippen LogP contribution in [-0.4, -0.2) is 0 Å². The largest absolute Gasteiger partial charge is 0.0985 e. The van der Waals surface area contributed by atoms with E-state index in [1.807, 2.05) is 33.8 Å². The van der Waals surface area contributed by atoms with Gasteiger partial charge in [-0.25, -0.2) is 0 Å². The average Bonchev–Trinajstić information content (AvgIpc) is 2.43. The molecule has 0 atom stereocenters. The first kappa shape index (κ1) is 18.3. The van der Waals surface area contributed by atoms with Gasteiger partial charge in [0.15, 0.2) is 0 Å². The van der Waals surface area contributed by atoms with Gasteiger partial charge >= 0.3 is 0 Å². The van der Waals surface area contributed by atoms with Gasteiger partial charge in [0.2, 0.25) is 0 Å². The lowest BCUT2D eigenvalue weighted by molar-refractivity contribution is 0.505. The number of rotatable bonds is 3. The van der Waals surface area contributed by atoms with E-state index in [1.165, 1.54) is 11.1 Å². The first-order valence-electron chi connectivity index (χ1n) is 6.83. The zero-order valence-corrected chi connectivity index (χ0v) is 12.8. The highest BCUT2D eigenvalue weighted by atomic mass is 14.2. The van der Waals surface area contributed by atoms with Crippen LogP contribution < -0.4 is 0 Å². The maximum Gasteiger partial charge on any atom is -0.0100 e. The fraction of sp³-hybridized carbons (Fsp3) is 0.529. The first-order valence-corrected chi connectivity index (χ1v) is 6.83. The molecule has 0 unspecified atom stereocenters. The van der Waals surface area contributed by atoms with Gasteiger partial charge in [0.25, 0.3) is 0 Å². The van der Waals surface area contributed by atoms with Crippen molar-refractivity contribution in [1.82, 2.24) is 0 Å². The molecule has 0 heterocycles. The maximum absolute atomic E-state index is 3.84. The third-order valence-electron chi connectivity index (χ3n) is 2.79. The van der Waals surface area contributed by atoms with Crippen LogP contribution in [0.2, 0.25) is 0 Å². The van der Waals surface area contributed by atoms with Crippen LogP contribution >= 0.6 is 0 Å². The molecule has 0 aliphatic carbocycles. The highest BCUT2D eigenvalue weighted by molar-refractivity contribution is 5.53. The third-order valence-corrected chi connectivity index (χ3v) is 2.79. The van der Waals surface area contributed by atoms with Crippen LogP contribution in [0.1, 0.15) is 66.0 Å². The predicted octanol–water partition coefficient (Wildman–Crippen LogP) is 6.07. The Morgan fingerprint density at radius 3 is 1.94 bits per heavy atom. The summed E-state index contributed by atoms with van der Waals surface area (Å²) in [7, 11) is 0. The molecule has 0 saturated heterocycles. The summed E-state index contributed by atoms with van der Waals surface area (Å²) in [5.41, 5.74) is 2.91. The van der Waals surface area contributed by atoms with Crippen molar-refractivity contribution < 1.29 is 0 Å². The van der Waals surface area contributed by atoms with Crippen LogP contribution in [0.4, 0.5) is 0 Å². The molecular formula is C17H30. The lowest BCUT2D eigenvalue weighted by Gasteiger charge is -2.25. The van der Waals surface area contributed by atoms with E-state index in [1.54, 1.807) is 0 Å². The molecule has 0 radical (unpaired) electrons. The van der Waals surface area contributed by atoms with Gasteiger partial charge in [-0.15, -0.1) is 0 Å². The summed E-state index contributed by atoms with van der Waals surface area (Å²) < 4.78 is 0. The van der Waals surface area contributed by atoms with Gasteiger partial charge in [-0.3, -0.25) is 0 Å². The van der Waals surface area contributed by atoms with E-state index in [2.05, 4.69) is 51.6 Å². The fourth-order valence-corrected chi connectivity index (χ4v) is 1.48. The Morgan fingerprint density at radius 1 is 1.06 bits per heavy atom. The first-order chi connectivity index (χ1) is 8.11. The highest BCUT2D eigenvalue weighted by Crippen LogP contribution is 2.29. The van der Waals surface area contributed by atoms with Crippen molar-refractivity contribution in [2.24, 2.45) is 0 Å². The second kappa shape index (κ2) is 10.1. The fourth-order valence-electron chi connectivity index (χ4n) is 1.48. The molecule has 0 aromatic heterocycles. The Balaban J connectivity index is 0. The molecule has 98 valence electrons. The molecule has 0 heteroatoms. The van der Waals surface area contributed by atoms with E-state index in [-0.39, 0.29) is 5.41 Å². The summed E-state index contributed by atoms with van der Waals surface area (Å²) >= 11 is 0. The van der Waals surface area contributed by atoms with Gasteiger partial charge in [0.1, 0.15) is 0 Å². The van der Waals surface area contributed by atoms with E-state index in [0.29, 0.717) is 0 Å². The van der Waals surface area contributed by atoms with Crippen LogP contribution in [0.15, 0.2) is 30.8 Å². The zero-order valence-electron chi connectivity index (χ0n) is 12.8. The predicted molar refractivity (Wildman–Crippen MR) is 82.5 cm³/mol. The molecule has 0 aliphatic heterocycles.